The molecule has 100 valence electrons. The first-order valence-electron chi connectivity index (χ1n) is 5.27. The molecule has 0 heterocycles. The first-order chi connectivity index (χ1) is 8.49. The lowest BCUT2D eigenvalue weighted by molar-refractivity contribution is -0.137. The summed E-state index contributed by atoms with van der Waals surface area (Å²) in [6, 6.07) is 2.78. The van der Waals surface area contributed by atoms with E-state index in [-0.39, 0.29) is 17.9 Å². The van der Waals surface area contributed by atoms with Crippen LogP contribution in [0.2, 0.25) is 0 Å². The maximum Gasteiger partial charge on any atom is 0.416 e. The zero-order valence-corrected chi connectivity index (χ0v) is 9.79. The molecule has 0 saturated carbocycles. The Hall–Kier alpha value is -1.56. The maximum atomic E-state index is 12.5. The molecule has 0 unspecified atom stereocenters. The summed E-state index contributed by atoms with van der Waals surface area (Å²) in [7, 11) is 1.52. The van der Waals surface area contributed by atoms with Gasteiger partial charge in [0.15, 0.2) is 6.29 Å². The number of methoxy groups -OCH3 is 1. The van der Waals surface area contributed by atoms with Crippen LogP contribution in [0.15, 0.2) is 18.2 Å². The topological polar surface area (TPSA) is 35.5 Å². The average Bonchev–Trinajstić information content (AvgIpc) is 2.33. The second-order valence-electron chi connectivity index (χ2n) is 3.56. The van der Waals surface area contributed by atoms with Crippen LogP contribution in [0.1, 0.15) is 22.3 Å². The molecule has 0 aliphatic heterocycles. The third kappa shape index (κ3) is 4.03. The van der Waals surface area contributed by atoms with E-state index in [0.717, 1.165) is 18.2 Å². The van der Waals surface area contributed by atoms with Gasteiger partial charge in [-0.05, 0) is 18.2 Å². The molecule has 0 amide bonds. The Morgan fingerprint density at radius 3 is 2.56 bits per heavy atom. The molecule has 1 rings (SSSR count). The fraction of sp³-hybridized carbons (Fsp3) is 0.417. The van der Waals surface area contributed by atoms with Gasteiger partial charge in [-0.25, -0.2) is 0 Å². The highest BCUT2D eigenvalue weighted by Crippen LogP contribution is 2.32. The summed E-state index contributed by atoms with van der Waals surface area (Å²) in [5.74, 6) is -0.0593. The molecule has 0 radical (unpaired) electrons. The molecule has 1 aromatic rings. The van der Waals surface area contributed by atoms with Crippen molar-refractivity contribution in [3.05, 3.63) is 29.3 Å². The van der Waals surface area contributed by atoms with Crippen LogP contribution in [0.4, 0.5) is 13.2 Å². The van der Waals surface area contributed by atoms with Crippen LogP contribution < -0.4 is 4.74 Å². The van der Waals surface area contributed by atoms with Crippen molar-refractivity contribution >= 4 is 6.29 Å². The predicted molar refractivity (Wildman–Crippen MR) is 58.8 cm³/mol. The van der Waals surface area contributed by atoms with Gasteiger partial charge in [-0.3, -0.25) is 4.79 Å². The lowest BCUT2D eigenvalue weighted by Gasteiger charge is -2.12. The standard InChI is InChI=1S/C12H13F3O3/c1-17-5-2-6-18-11-7-10(12(13,14)15)4-3-9(11)8-16/h3-4,7-8H,2,5-6H2,1H3. The number of ether oxygens (including phenoxy) is 2. The SMILES string of the molecule is COCCCOc1cc(C(F)(F)F)ccc1C=O. The Morgan fingerprint density at radius 2 is 2.00 bits per heavy atom. The van der Waals surface area contributed by atoms with Crippen molar-refractivity contribution in [3.8, 4) is 5.75 Å². The Balaban J connectivity index is 2.82. The maximum absolute atomic E-state index is 12.5. The second kappa shape index (κ2) is 6.39. The van der Waals surface area contributed by atoms with Crippen LogP contribution >= 0.6 is 0 Å². The van der Waals surface area contributed by atoms with E-state index in [1.54, 1.807) is 0 Å². The van der Waals surface area contributed by atoms with Crippen LogP contribution in [0.3, 0.4) is 0 Å². The molecule has 0 fully saturated rings. The van der Waals surface area contributed by atoms with E-state index >= 15 is 0 Å². The molecule has 0 saturated heterocycles. The van der Waals surface area contributed by atoms with Crippen LogP contribution in [0.25, 0.3) is 0 Å². The Kier molecular flexibility index (Phi) is 5.15. The van der Waals surface area contributed by atoms with Gasteiger partial charge in [-0.1, -0.05) is 0 Å². The Bertz CT molecular complexity index is 402. The van der Waals surface area contributed by atoms with Gasteiger partial charge in [0, 0.05) is 20.1 Å². The third-order valence-corrected chi connectivity index (χ3v) is 2.22. The third-order valence-electron chi connectivity index (χ3n) is 2.22. The molecule has 0 N–H and O–H groups in total. The molecule has 1 aromatic carbocycles. The van der Waals surface area contributed by atoms with E-state index in [1.807, 2.05) is 0 Å². The molecule has 6 heteroatoms. The minimum atomic E-state index is -4.45. The second-order valence-corrected chi connectivity index (χ2v) is 3.56. The smallest absolute Gasteiger partial charge is 0.416 e. The van der Waals surface area contributed by atoms with Crippen molar-refractivity contribution < 1.29 is 27.4 Å². The van der Waals surface area contributed by atoms with E-state index in [2.05, 4.69) is 0 Å². The lowest BCUT2D eigenvalue weighted by atomic mass is 10.1. The summed E-state index contributed by atoms with van der Waals surface area (Å²) in [5, 5.41) is 0. The van der Waals surface area contributed by atoms with E-state index in [4.69, 9.17) is 9.47 Å². The molecule has 0 bridgehead atoms. The van der Waals surface area contributed by atoms with Gasteiger partial charge < -0.3 is 9.47 Å². The van der Waals surface area contributed by atoms with E-state index < -0.39 is 11.7 Å². The van der Waals surface area contributed by atoms with Gasteiger partial charge >= 0.3 is 6.18 Å². The van der Waals surface area contributed by atoms with Crippen molar-refractivity contribution in [2.45, 2.75) is 12.6 Å². The molecule has 0 spiro atoms. The molecule has 3 nitrogen and oxygen atoms in total. The number of hydrogen-bond acceptors (Lipinski definition) is 3. The van der Waals surface area contributed by atoms with Gasteiger partial charge in [-0.15, -0.1) is 0 Å². The van der Waals surface area contributed by atoms with E-state index in [1.165, 1.54) is 7.11 Å². The number of alkyl halides is 3. The number of carbonyl (C=O) groups is 1. The van der Waals surface area contributed by atoms with Gasteiger partial charge in [0.05, 0.1) is 17.7 Å². The molecular weight excluding hydrogens is 249 g/mol. The number of hydrogen-bond donors (Lipinski definition) is 0. The van der Waals surface area contributed by atoms with Crippen molar-refractivity contribution in [1.82, 2.24) is 0 Å². The summed E-state index contributed by atoms with van der Waals surface area (Å²) in [6.45, 7) is 0.630. The highest BCUT2D eigenvalue weighted by Gasteiger charge is 2.31. The zero-order valence-electron chi connectivity index (χ0n) is 9.79. The highest BCUT2D eigenvalue weighted by atomic mass is 19.4. The first kappa shape index (κ1) is 14.5. The highest BCUT2D eigenvalue weighted by molar-refractivity contribution is 5.79. The van der Waals surface area contributed by atoms with Crippen LogP contribution in [0, 0.1) is 0 Å². The van der Waals surface area contributed by atoms with Crippen molar-refractivity contribution in [3.63, 3.8) is 0 Å². The average molecular weight is 262 g/mol. The number of halogens is 3. The molecule has 0 aliphatic rings. The number of benzene rings is 1. The van der Waals surface area contributed by atoms with Gasteiger partial charge in [0.25, 0.3) is 0 Å². The van der Waals surface area contributed by atoms with Crippen molar-refractivity contribution in [2.24, 2.45) is 0 Å². The lowest BCUT2D eigenvalue weighted by Crippen LogP contribution is -2.08. The van der Waals surface area contributed by atoms with Crippen LogP contribution in [0.5, 0.6) is 5.75 Å². The molecule has 0 aromatic heterocycles. The first-order valence-corrected chi connectivity index (χ1v) is 5.27. The molecule has 0 aliphatic carbocycles. The fourth-order valence-electron chi connectivity index (χ4n) is 1.32. The van der Waals surface area contributed by atoms with Gasteiger partial charge in [0.2, 0.25) is 0 Å². The van der Waals surface area contributed by atoms with E-state index in [0.29, 0.717) is 19.3 Å². The van der Waals surface area contributed by atoms with E-state index in [9.17, 15) is 18.0 Å². The van der Waals surface area contributed by atoms with Crippen molar-refractivity contribution in [2.75, 3.05) is 20.3 Å². The quantitative estimate of drug-likeness (QED) is 0.584. The number of carbonyl (C=O) groups excluding carboxylic acids is 1. The predicted octanol–water partition coefficient (Wildman–Crippen LogP) is 2.93. The van der Waals surface area contributed by atoms with Crippen LogP contribution in [-0.4, -0.2) is 26.6 Å². The number of aldehydes is 1. The summed E-state index contributed by atoms with van der Waals surface area (Å²) < 4.78 is 47.4. The normalized spacial score (nSPS) is 11.3. The largest absolute Gasteiger partial charge is 0.493 e. The summed E-state index contributed by atoms with van der Waals surface area (Å²) >= 11 is 0. The zero-order chi connectivity index (χ0) is 13.6. The van der Waals surface area contributed by atoms with Gasteiger partial charge in [-0.2, -0.15) is 13.2 Å². The minimum absolute atomic E-state index is 0.0593. The Morgan fingerprint density at radius 1 is 1.28 bits per heavy atom. The molecule has 0 atom stereocenters. The monoisotopic (exact) mass is 262 g/mol. The minimum Gasteiger partial charge on any atom is -0.493 e. The summed E-state index contributed by atoms with van der Waals surface area (Å²) in [5.41, 5.74) is -0.741. The molecule has 18 heavy (non-hydrogen) atoms. The summed E-state index contributed by atoms with van der Waals surface area (Å²) in [4.78, 5) is 10.7. The van der Waals surface area contributed by atoms with Gasteiger partial charge in [0.1, 0.15) is 5.75 Å². The van der Waals surface area contributed by atoms with Crippen molar-refractivity contribution in [1.29, 1.82) is 0 Å². The number of rotatable bonds is 6. The summed E-state index contributed by atoms with van der Waals surface area (Å²) in [6.07, 6.45) is -3.46. The fourth-order valence-corrected chi connectivity index (χ4v) is 1.32. The Labute approximate surface area is 103 Å². The molecular formula is C12H13F3O3. The van der Waals surface area contributed by atoms with Crippen LogP contribution in [-0.2, 0) is 10.9 Å².